The summed E-state index contributed by atoms with van der Waals surface area (Å²) >= 11 is 6.11. The lowest BCUT2D eigenvalue weighted by atomic mass is 10.0. The minimum atomic E-state index is -0.0651. The number of nitrogens with zero attached hydrogens (tertiary/aromatic N) is 2. The van der Waals surface area contributed by atoms with Crippen molar-refractivity contribution >= 4 is 23.3 Å². The van der Waals surface area contributed by atoms with Crippen molar-refractivity contribution in [1.29, 1.82) is 0 Å². The lowest BCUT2D eigenvalue weighted by Crippen LogP contribution is -2.36. The van der Waals surface area contributed by atoms with Crippen LogP contribution in [0.1, 0.15) is 44.5 Å². The maximum atomic E-state index is 12.5. The monoisotopic (exact) mass is 297 g/mol. The van der Waals surface area contributed by atoms with Crippen LogP contribution in [0.15, 0.2) is 12.3 Å². The van der Waals surface area contributed by atoms with Crippen molar-refractivity contribution in [2.24, 2.45) is 5.92 Å². The lowest BCUT2D eigenvalue weighted by Gasteiger charge is -2.26. The van der Waals surface area contributed by atoms with Gasteiger partial charge in [-0.15, -0.1) is 0 Å². The number of anilines is 1. The number of pyridine rings is 1. The maximum absolute atomic E-state index is 12.5. The molecule has 0 aliphatic carbocycles. The standard InChI is InChI=1S/C15H24ClN3O/c1-6-17-14-8-12(13(16)9-18-14)15(20)19(5)11(4)7-10(2)3/h8-11H,6-7H2,1-5H3,(H,17,18). The predicted molar refractivity (Wildman–Crippen MR) is 84.4 cm³/mol. The van der Waals surface area contributed by atoms with Gasteiger partial charge in [0.1, 0.15) is 5.82 Å². The molecule has 5 heteroatoms. The first-order chi connectivity index (χ1) is 9.36. The third kappa shape index (κ3) is 4.37. The van der Waals surface area contributed by atoms with Crippen LogP contribution >= 0.6 is 11.6 Å². The van der Waals surface area contributed by atoms with E-state index in [0.29, 0.717) is 22.3 Å². The second kappa shape index (κ2) is 7.48. The molecule has 0 aliphatic heterocycles. The molecule has 0 saturated carbocycles. The third-order valence-electron chi connectivity index (χ3n) is 3.24. The lowest BCUT2D eigenvalue weighted by molar-refractivity contribution is 0.0728. The number of rotatable bonds is 6. The SMILES string of the molecule is CCNc1cc(C(=O)N(C)C(C)CC(C)C)c(Cl)cn1. The van der Waals surface area contributed by atoms with Gasteiger partial charge in [0, 0.05) is 25.8 Å². The van der Waals surface area contributed by atoms with Crippen LogP contribution in [0.2, 0.25) is 5.02 Å². The highest BCUT2D eigenvalue weighted by atomic mass is 35.5. The average molecular weight is 298 g/mol. The number of hydrogen-bond donors (Lipinski definition) is 1. The van der Waals surface area contributed by atoms with Gasteiger partial charge in [-0.1, -0.05) is 25.4 Å². The van der Waals surface area contributed by atoms with Gasteiger partial charge in [0.15, 0.2) is 0 Å². The van der Waals surface area contributed by atoms with Gasteiger partial charge < -0.3 is 10.2 Å². The summed E-state index contributed by atoms with van der Waals surface area (Å²) in [5.74, 6) is 1.15. The molecule has 1 heterocycles. The molecule has 0 aromatic carbocycles. The summed E-state index contributed by atoms with van der Waals surface area (Å²) in [7, 11) is 1.82. The fraction of sp³-hybridized carbons (Fsp3) is 0.600. The largest absolute Gasteiger partial charge is 0.370 e. The second-order valence-corrected chi connectivity index (χ2v) is 5.88. The highest BCUT2D eigenvalue weighted by Crippen LogP contribution is 2.21. The zero-order valence-corrected chi connectivity index (χ0v) is 13.7. The molecule has 1 aromatic heterocycles. The molecular weight excluding hydrogens is 274 g/mol. The Labute approximate surface area is 126 Å². The molecule has 1 atom stereocenters. The van der Waals surface area contributed by atoms with E-state index in [1.807, 2.05) is 14.0 Å². The first-order valence-electron chi connectivity index (χ1n) is 7.03. The van der Waals surface area contributed by atoms with Gasteiger partial charge in [0.25, 0.3) is 5.91 Å². The topological polar surface area (TPSA) is 45.2 Å². The zero-order chi connectivity index (χ0) is 15.3. The number of nitrogens with one attached hydrogen (secondary N) is 1. The van der Waals surface area contributed by atoms with E-state index in [2.05, 4.69) is 31.1 Å². The van der Waals surface area contributed by atoms with Crippen LogP contribution in [0, 0.1) is 5.92 Å². The summed E-state index contributed by atoms with van der Waals surface area (Å²) in [5, 5.41) is 3.48. The Hall–Kier alpha value is -1.29. The van der Waals surface area contributed by atoms with Crippen molar-refractivity contribution in [2.45, 2.75) is 40.2 Å². The predicted octanol–water partition coefficient (Wildman–Crippen LogP) is 3.67. The summed E-state index contributed by atoms with van der Waals surface area (Å²) < 4.78 is 0. The van der Waals surface area contributed by atoms with Gasteiger partial charge in [0.05, 0.1) is 10.6 Å². The normalized spacial score (nSPS) is 12.3. The van der Waals surface area contributed by atoms with Crippen LogP contribution in [0.3, 0.4) is 0 Å². The molecule has 1 N–H and O–H groups in total. The van der Waals surface area contributed by atoms with Crippen molar-refractivity contribution in [3.05, 3.63) is 22.8 Å². The highest BCUT2D eigenvalue weighted by Gasteiger charge is 2.21. The minimum Gasteiger partial charge on any atom is -0.370 e. The Kier molecular flexibility index (Phi) is 6.27. The van der Waals surface area contributed by atoms with E-state index < -0.39 is 0 Å². The van der Waals surface area contributed by atoms with E-state index in [1.54, 1.807) is 11.0 Å². The Morgan fingerprint density at radius 1 is 1.45 bits per heavy atom. The Bertz CT molecular complexity index is 462. The molecule has 0 fully saturated rings. The Morgan fingerprint density at radius 2 is 2.10 bits per heavy atom. The van der Waals surface area contributed by atoms with E-state index in [9.17, 15) is 4.79 Å². The Balaban J connectivity index is 2.92. The molecule has 1 aromatic rings. The molecule has 112 valence electrons. The number of carbonyl (C=O) groups is 1. The molecular formula is C15H24ClN3O. The van der Waals surface area contributed by atoms with Crippen molar-refractivity contribution in [3.63, 3.8) is 0 Å². The Morgan fingerprint density at radius 3 is 2.65 bits per heavy atom. The van der Waals surface area contributed by atoms with Crippen LogP contribution in [0.4, 0.5) is 5.82 Å². The van der Waals surface area contributed by atoms with Gasteiger partial charge in [0.2, 0.25) is 0 Å². The third-order valence-corrected chi connectivity index (χ3v) is 3.54. The van der Waals surface area contributed by atoms with Gasteiger partial charge in [-0.3, -0.25) is 4.79 Å². The second-order valence-electron chi connectivity index (χ2n) is 5.47. The molecule has 20 heavy (non-hydrogen) atoms. The minimum absolute atomic E-state index is 0.0651. The van der Waals surface area contributed by atoms with Gasteiger partial charge >= 0.3 is 0 Å². The molecule has 0 spiro atoms. The smallest absolute Gasteiger partial charge is 0.255 e. The van der Waals surface area contributed by atoms with E-state index in [-0.39, 0.29) is 11.9 Å². The highest BCUT2D eigenvalue weighted by molar-refractivity contribution is 6.33. The summed E-state index contributed by atoms with van der Waals surface area (Å²) in [6, 6.07) is 1.89. The van der Waals surface area contributed by atoms with Crippen molar-refractivity contribution < 1.29 is 4.79 Å². The van der Waals surface area contributed by atoms with Crippen LogP contribution in [0.5, 0.6) is 0 Å². The van der Waals surface area contributed by atoms with Crippen LogP contribution in [0.25, 0.3) is 0 Å². The number of aromatic nitrogens is 1. The van der Waals surface area contributed by atoms with Gasteiger partial charge in [-0.2, -0.15) is 0 Å². The van der Waals surface area contributed by atoms with E-state index >= 15 is 0 Å². The van der Waals surface area contributed by atoms with Gasteiger partial charge in [-0.05, 0) is 32.3 Å². The van der Waals surface area contributed by atoms with Crippen LogP contribution < -0.4 is 5.32 Å². The van der Waals surface area contributed by atoms with Gasteiger partial charge in [-0.25, -0.2) is 4.98 Å². The number of hydrogen-bond acceptors (Lipinski definition) is 3. The summed E-state index contributed by atoms with van der Waals surface area (Å²) in [4.78, 5) is 18.4. The first kappa shape index (κ1) is 16.8. The van der Waals surface area contributed by atoms with E-state index in [4.69, 9.17) is 11.6 Å². The fourth-order valence-corrected chi connectivity index (χ4v) is 2.30. The summed E-state index contributed by atoms with van der Waals surface area (Å²) in [5.41, 5.74) is 0.496. The summed E-state index contributed by atoms with van der Waals surface area (Å²) in [6.45, 7) is 9.09. The van der Waals surface area contributed by atoms with Crippen molar-refractivity contribution in [2.75, 3.05) is 18.9 Å². The van der Waals surface area contributed by atoms with Crippen LogP contribution in [-0.2, 0) is 0 Å². The van der Waals surface area contributed by atoms with Crippen LogP contribution in [-0.4, -0.2) is 35.4 Å². The van der Waals surface area contributed by atoms with E-state index in [0.717, 1.165) is 13.0 Å². The average Bonchev–Trinajstić information content (AvgIpc) is 2.38. The number of amides is 1. The number of halogens is 1. The molecule has 0 saturated heterocycles. The molecule has 4 nitrogen and oxygen atoms in total. The van der Waals surface area contributed by atoms with Crippen molar-refractivity contribution in [3.8, 4) is 0 Å². The van der Waals surface area contributed by atoms with E-state index in [1.165, 1.54) is 6.20 Å². The number of carbonyl (C=O) groups excluding carboxylic acids is 1. The quantitative estimate of drug-likeness (QED) is 0.871. The fourth-order valence-electron chi connectivity index (χ4n) is 2.11. The maximum Gasteiger partial charge on any atom is 0.255 e. The molecule has 0 aliphatic rings. The molecule has 1 amide bonds. The van der Waals surface area contributed by atoms with Crippen molar-refractivity contribution in [1.82, 2.24) is 9.88 Å². The summed E-state index contributed by atoms with van der Waals surface area (Å²) in [6.07, 6.45) is 2.48. The molecule has 1 unspecified atom stereocenters. The molecule has 1 rings (SSSR count). The molecule has 0 radical (unpaired) electrons. The first-order valence-corrected chi connectivity index (χ1v) is 7.41. The molecule has 0 bridgehead atoms. The zero-order valence-electron chi connectivity index (χ0n) is 12.9.